The average molecular weight is 1260 g/mol. The fourth-order valence-electron chi connectivity index (χ4n) is 12.0. The number of carbonyl (C=O) groups excluding carboxylic acids is 7. The minimum Gasteiger partial charge on any atom is -0.691 e. The van der Waals surface area contributed by atoms with E-state index in [-0.39, 0.29) is 65.3 Å². The molecule has 0 spiro atoms. The summed E-state index contributed by atoms with van der Waals surface area (Å²) in [6, 6.07) is 9.34. The van der Waals surface area contributed by atoms with Gasteiger partial charge in [0.1, 0.15) is 36.3 Å². The normalized spacial score (nSPS) is 27.4. The maximum atomic E-state index is 14.6. The van der Waals surface area contributed by atoms with Gasteiger partial charge in [0.25, 0.3) is 18.2 Å². The van der Waals surface area contributed by atoms with Gasteiger partial charge in [-0.3, -0.25) is 38.6 Å². The number of hydrogen-bond acceptors (Lipinski definition) is 22. The quantitative estimate of drug-likeness (QED) is 0.0222. The first kappa shape index (κ1) is 69.1. The molecule has 0 bridgehead atoms. The number of amides is 7. The zero-order valence-electron chi connectivity index (χ0n) is 49.0. The Labute approximate surface area is 534 Å². The third-order valence-corrected chi connectivity index (χ3v) is 17.2. The predicted molar refractivity (Wildman–Crippen MR) is 307 cm³/mol. The van der Waals surface area contributed by atoms with E-state index in [0.717, 1.165) is 53.3 Å². The topological polar surface area (TPSA) is 409 Å². The van der Waals surface area contributed by atoms with Gasteiger partial charge in [0.2, 0.25) is 35.4 Å². The number of aliphatic hydroxyl groups is 6. The second-order valence-electron chi connectivity index (χ2n) is 22.9. The molecule has 30 heteroatoms. The van der Waals surface area contributed by atoms with E-state index >= 15 is 0 Å². The van der Waals surface area contributed by atoms with Crippen LogP contribution in [0, 0.1) is 17.2 Å². The number of rotatable bonds is 15. The van der Waals surface area contributed by atoms with E-state index in [2.05, 4.69) is 70.0 Å². The van der Waals surface area contributed by atoms with Crippen molar-refractivity contribution in [2.45, 2.75) is 150 Å². The van der Waals surface area contributed by atoms with Gasteiger partial charge < -0.3 is 91.4 Å². The van der Waals surface area contributed by atoms with Crippen LogP contribution in [0.25, 0.3) is 0 Å². The Kier molecular flexibility index (Phi) is 25.0. The van der Waals surface area contributed by atoms with Gasteiger partial charge in [0, 0.05) is 87.9 Å². The summed E-state index contributed by atoms with van der Waals surface area (Å²) in [6.07, 6.45) is -6.74. The third-order valence-electron chi connectivity index (χ3n) is 16.8. The monoisotopic (exact) mass is 1250 g/mol. The van der Waals surface area contributed by atoms with Crippen LogP contribution < -0.4 is 75.4 Å². The van der Waals surface area contributed by atoms with Crippen LogP contribution in [0.1, 0.15) is 92.6 Å². The first-order valence-corrected chi connectivity index (χ1v) is 29.7. The number of nitriles is 1. The van der Waals surface area contributed by atoms with E-state index in [1.165, 1.54) is 50.7 Å². The largest absolute Gasteiger partial charge is 1.00 e. The van der Waals surface area contributed by atoms with Crippen molar-refractivity contribution in [3.63, 3.8) is 0 Å². The molecule has 28 nitrogen and oxygen atoms in total. The van der Waals surface area contributed by atoms with Gasteiger partial charge in [-0.1, -0.05) is 44.4 Å². The summed E-state index contributed by atoms with van der Waals surface area (Å²) in [7, 11) is 0. The van der Waals surface area contributed by atoms with Crippen molar-refractivity contribution in [1.82, 2.24) is 36.4 Å². The van der Waals surface area contributed by atoms with Gasteiger partial charge in [-0.25, -0.2) is 0 Å². The summed E-state index contributed by atoms with van der Waals surface area (Å²) < 4.78 is 9.16. The Bertz CT molecular complexity index is 2950. The maximum Gasteiger partial charge on any atom is 1.00 e. The first-order chi connectivity index (χ1) is 41.6. The molecule has 12 N–H and O–H groups in total. The van der Waals surface area contributed by atoms with Gasteiger partial charge in [0.15, 0.2) is 11.5 Å². The fraction of sp³-hybridized carbons (Fsp3) is 0.552. The molecular formula is C58H75N10NaO18S. The number of β-amino-alcohol motifs (C(OH)–C–C–N with tert-alkyl or cyclic N) is 1. The molecule has 5 fully saturated rings. The molecule has 7 amide bonds. The van der Waals surface area contributed by atoms with E-state index in [0.29, 0.717) is 19.0 Å². The van der Waals surface area contributed by atoms with Crippen molar-refractivity contribution in [3.05, 3.63) is 83.4 Å². The second-order valence-corrected chi connectivity index (χ2v) is 23.3. The molecule has 5 aliphatic rings. The number of hydrogen-bond donors (Lipinski definition) is 12. The van der Waals surface area contributed by atoms with Crippen LogP contribution >= 0.6 is 12.3 Å². The Morgan fingerprint density at radius 3 is 2.00 bits per heavy atom. The molecule has 4 heterocycles. The molecule has 8 rings (SSSR count). The molecule has 3 aromatic rings. The SMILES string of the molecule is C[C@H](O)[C@@H]1NC(=O)[C@@H](NC(=O)c2ccc(N3CCN(c4ccc(C5CCCCC5)cc4)CC3)cc2)C[C@H](O)CNC(=O)[C@@H]2[C@@H](O)[C@H](C)CN2C(=O)[C@H]([C@H](O)CC#N)NC(=O)[C@H]([C@H](O)Cc2ccc(O)c(OSOO[O-])c2)NC(=O)[C@@H]2C[C@H](O)CN2C1=O.[Na+]. The molecular weight excluding hydrogens is 1180 g/mol. The molecule has 88 heavy (non-hydrogen) atoms. The number of fused-ring (bicyclic) bond motifs is 2. The van der Waals surface area contributed by atoms with Crippen LogP contribution in [-0.2, 0) is 44.6 Å². The van der Waals surface area contributed by atoms with Gasteiger partial charge in [-0.2, -0.15) is 5.26 Å². The van der Waals surface area contributed by atoms with E-state index in [9.17, 15) is 79.8 Å². The van der Waals surface area contributed by atoms with Crippen LogP contribution in [-0.4, -0.2) is 206 Å². The van der Waals surface area contributed by atoms with Crippen molar-refractivity contribution in [2.24, 2.45) is 5.92 Å². The molecule has 472 valence electrons. The number of piperazine rings is 1. The maximum absolute atomic E-state index is 14.6. The number of phenols is 1. The molecule has 4 saturated heterocycles. The zero-order valence-corrected chi connectivity index (χ0v) is 51.8. The van der Waals surface area contributed by atoms with Crippen LogP contribution in [0.15, 0.2) is 66.7 Å². The third kappa shape index (κ3) is 17.1. The van der Waals surface area contributed by atoms with Crippen molar-refractivity contribution in [3.8, 4) is 17.6 Å². The number of aliphatic hydroxyl groups excluding tert-OH is 6. The smallest absolute Gasteiger partial charge is 0.691 e. The Balaban J connectivity index is 0.0000110. The van der Waals surface area contributed by atoms with Crippen LogP contribution in [0.3, 0.4) is 0 Å². The molecule has 1 saturated carbocycles. The van der Waals surface area contributed by atoms with Gasteiger partial charge in [-0.15, -0.1) is 4.33 Å². The van der Waals surface area contributed by atoms with Crippen LogP contribution in [0.2, 0.25) is 0 Å². The number of nitrogens with one attached hydrogen (secondary N) is 5. The summed E-state index contributed by atoms with van der Waals surface area (Å²) >= 11 is 0.0111. The van der Waals surface area contributed by atoms with E-state index in [1.54, 1.807) is 30.3 Å². The Morgan fingerprint density at radius 2 is 1.38 bits per heavy atom. The van der Waals surface area contributed by atoms with Crippen LogP contribution in [0.4, 0.5) is 11.4 Å². The average Bonchev–Trinajstić information content (AvgIpc) is 3.09. The summed E-state index contributed by atoms with van der Waals surface area (Å²) in [5.41, 5.74) is 3.56. The Hall–Kier alpha value is -6.37. The summed E-state index contributed by atoms with van der Waals surface area (Å²) in [4.78, 5) is 107. The minimum absolute atomic E-state index is 0. The standard InChI is InChI=1S/C58H76N10O18S.Na/c1-31-29-68-50(51(31)75)56(80)60-28-39(70)26-41(61-52(76)36-11-15-38(16-12-36)66-22-20-65(21-23-66)37-13-9-35(10-14-37)34-6-4-3-5-7-34)53(77)62-47(32(2)69)57(81)67-30-40(71)27-42(67)54(78)63-48(55(79)64-49(58(68)82)44(73)18-19-59)45(74)24-33-8-17-43(72)46(25-33)84-87-86-85-83;/h8-17,25,31-32,34,39-42,44-45,47-51,69-75,83H,3-7,18,20-24,26-30H2,1-2H3,(H,60,80)(H,61,76)(H,62,77)(H,63,78)(H,64,79);/q;+1/p-1/t31-,32+,39+,40+,41+,42+,44-,45-,47+,48+,49+,50+,51+;/m1./s1. The number of carbonyl (C=O) groups is 7. The number of phenolic OH excluding ortho intramolecular Hbond substituents is 1. The summed E-state index contributed by atoms with van der Waals surface area (Å²) in [5.74, 6) is -8.93. The molecule has 1 aliphatic carbocycles. The zero-order chi connectivity index (χ0) is 62.6. The number of nitrogens with zero attached hydrogens (tertiary/aromatic N) is 5. The van der Waals surface area contributed by atoms with E-state index in [4.69, 9.17) is 4.18 Å². The summed E-state index contributed by atoms with van der Waals surface area (Å²) in [5, 5.41) is 114. The second kappa shape index (κ2) is 31.9. The number of benzene rings is 3. The van der Waals surface area contributed by atoms with E-state index in [1.807, 2.05) is 0 Å². The molecule has 13 atom stereocenters. The predicted octanol–water partition coefficient (Wildman–Crippen LogP) is -5.20. The molecule has 0 radical (unpaired) electrons. The molecule has 0 unspecified atom stereocenters. The van der Waals surface area contributed by atoms with Crippen molar-refractivity contribution in [1.29, 1.82) is 5.26 Å². The van der Waals surface area contributed by atoms with Crippen LogP contribution in [0.5, 0.6) is 11.5 Å². The number of anilines is 2. The molecule has 3 aromatic carbocycles. The van der Waals surface area contributed by atoms with Gasteiger partial charge in [-0.05, 0) is 85.3 Å². The fourth-order valence-corrected chi connectivity index (χ4v) is 12.2. The van der Waals surface area contributed by atoms with Crippen molar-refractivity contribution < 1.29 is 118 Å². The first-order valence-electron chi connectivity index (χ1n) is 29.0. The Morgan fingerprint density at radius 1 is 0.761 bits per heavy atom. The number of aromatic hydroxyl groups is 1. The molecule has 4 aliphatic heterocycles. The minimum atomic E-state index is -2.15. The summed E-state index contributed by atoms with van der Waals surface area (Å²) in [6.45, 7) is 3.93. The van der Waals surface area contributed by atoms with Gasteiger partial charge in [0.05, 0.1) is 49.1 Å². The van der Waals surface area contributed by atoms with Gasteiger partial charge >= 0.3 is 29.6 Å². The van der Waals surface area contributed by atoms with Crippen molar-refractivity contribution >= 4 is 65.0 Å². The van der Waals surface area contributed by atoms with E-state index < -0.39 is 165 Å². The molecule has 0 aromatic heterocycles. The van der Waals surface area contributed by atoms with Crippen molar-refractivity contribution in [2.75, 3.05) is 55.6 Å².